The monoisotopic (exact) mass is 287 g/mol. The Hall–Kier alpha value is -0.410. The van der Waals surface area contributed by atoms with Crippen molar-refractivity contribution < 1.29 is 4.39 Å². The molecule has 1 nitrogen and oxygen atoms in total. The Labute approximate surface area is 106 Å². The first kappa shape index (κ1) is 13.7. The van der Waals surface area contributed by atoms with Gasteiger partial charge in [0.05, 0.1) is 4.47 Å². The predicted octanol–water partition coefficient (Wildman–Crippen LogP) is 3.62. The molecule has 3 heteroatoms. The van der Waals surface area contributed by atoms with Gasteiger partial charge in [-0.05, 0) is 65.5 Å². The van der Waals surface area contributed by atoms with E-state index in [1.165, 1.54) is 11.6 Å². The zero-order valence-electron chi connectivity index (χ0n) is 10.1. The molecule has 0 saturated heterocycles. The van der Waals surface area contributed by atoms with Gasteiger partial charge in [-0.15, -0.1) is 0 Å². The van der Waals surface area contributed by atoms with Gasteiger partial charge in [-0.1, -0.05) is 19.9 Å². The summed E-state index contributed by atoms with van der Waals surface area (Å²) in [6, 6.07) is 5.27. The van der Waals surface area contributed by atoms with Gasteiger partial charge in [-0.2, -0.15) is 0 Å². The summed E-state index contributed by atoms with van der Waals surface area (Å²) in [4.78, 5) is 0. The van der Waals surface area contributed by atoms with Crippen LogP contribution in [0.15, 0.2) is 22.7 Å². The topological polar surface area (TPSA) is 12.0 Å². The summed E-state index contributed by atoms with van der Waals surface area (Å²) < 4.78 is 13.6. The second kappa shape index (κ2) is 6.36. The van der Waals surface area contributed by atoms with Gasteiger partial charge < -0.3 is 5.32 Å². The van der Waals surface area contributed by atoms with E-state index in [0.717, 1.165) is 13.0 Å². The van der Waals surface area contributed by atoms with Crippen LogP contribution in [0, 0.1) is 17.7 Å². The number of hydrogen-bond donors (Lipinski definition) is 1. The molecule has 1 N–H and O–H groups in total. The van der Waals surface area contributed by atoms with Crippen LogP contribution in [-0.2, 0) is 6.42 Å². The summed E-state index contributed by atoms with van der Waals surface area (Å²) in [5, 5.41) is 3.21. The van der Waals surface area contributed by atoms with Crippen LogP contribution in [0.3, 0.4) is 0 Å². The second-order valence-electron chi connectivity index (χ2n) is 4.51. The molecule has 1 unspecified atom stereocenters. The van der Waals surface area contributed by atoms with Crippen molar-refractivity contribution in [3.05, 3.63) is 34.1 Å². The van der Waals surface area contributed by atoms with Crippen LogP contribution in [0.5, 0.6) is 0 Å². The summed E-state index contributed by atoms with van der Waals surface area (Å²) in [5.74, 6) is 1.01. The molecule has 0 aliphatic rings. The average Bonchev–Trinajstić information content (AvgIpc) is 2.22. The fraction of sp³-hybridized carbons (Fsp3) is 0.538. The maximum Gasteiger partial charge on any atom is 0.137 e. The lowest BCUT2D eigenvalue weighted by molar-refractivity contribution is 0.370. The number of halogens is 2. The van der Waals surface area contributed by atoms with Gasteiger partial charge in [0.1, 0.15) is 5.82 Å². The van der Waals surface area contributed by atoms with E-state index in [4.69, 9.17) is 0 Å². The Morgan fingerprint density at radius 3 is 2.56 bits per heavy atom. The molecule has 0 aromatic heterocycles. The molecular weight excluding hydrogens is 269 g/mol. The molecule has 1 rings (SSSR count). The van der Waals surface area contributed by atoms with E-state index in [9.17, 15) is 4.39 Å². The first-order valence-corrected chi connectivity index (χ1v) is 6.42. The predicted molar refractivity (Wildman–Crippen MR) is 70.1 cm³/mol. The fourth-order valence-corrected chi connectivity index (χ4v) is 2.20. The molecule has 16 heavy (non-hydrogen) atoms. The third-order valence-corrected chi connectivity index (χ3v) is 3.50. The molecule has 0 saturated carbocycles. The van der Waals surface area contributed by atoms with Gasteiger partial charge in [0.25, 0.3) is 0 Å². The van der Waals surface area contributed by atoms with Crippen molar-refractivity contribution in [2.24, 2.45) is 11.8 Å². The number of benzene rings is 1. The number of rotatable bonds is 5. The standard InChI is InChI=1S/C13H19BrFN/c1-9(2)11(8-16-3)6-10-4-5-13(15)12(14)7-10/h4-5,7,9,11,16H,6,8H2,1-3H3. The minimum atomic E-state index is -0.196. The van der Waals surface area contributed by atoms with Crippen LogP contribution >= 0.6 is 15.9 Å². The Bertz CT molecular complexity index is 339. The molecule has 1 atom stereocenters. The molecule has 1 aromatic rings. The molecule has 1 aromatic carbocycles. The Morgan fingerprint density at radius 1 is 1.38 bits per heavy atom. The molecule has 0 aliphatic carbocycles. The van der Waals surface area contributed by atoms with Gasteiger partial charge in [0.2, 0.25) is 0 Å². The molecule has 90 valence electrons. The lowest BCUT2D eigenvalue weighted by Crippen LogP contribution is -2.25. The highest BCUT2D eigenvalue weighted by Crippen LogP contribution is 2.21. The summed E-state index contributed by atoms with van der Waals surface area (Å²) in [7, 11) is 1.97. The van der Waals surface area contributed by atoms with Gasteiger partial charge in [0, 0.05) is 0 Å². The van der Waals surface area contributed by atoms with Crippen LogP contribution in [0.4, 0.5) is 4.39 Å². The van der Waals surface area contributed by atoms with Crippen molar-refractivity contribution in [3.8, 4) is 0 Å². The van der Waals surface area contributed by atoms with E-state index in [1.807, 2.05) is 19.2 Å². The van der Waals surface area contributed by atoms with Gasteiger partial charge >= 0.3 is 0 Å². The molecule has 0 heterocycles. The van der Waals surface area contributed by atoms with Crippen LogP contribution in [0.2, 0.25) is 0 Å². The quantitative estimate of drug-likeness (QED) is 0.872. The van der Waals surface area contributed by atoms with E-state index in [0.29, 0.717) is 16.3 Å². The Morgan fingerprint density at radius 2 is 2.06 bits per heavy atom. The third-order valence-electron chi connectivity index (χ3n) is 2.89. The van der Waals surface area contributed by atoms with Gasteiger partial charge in [-0.3, -0.25) is 0 Å². The van der Waals surface area contributed by atoms with E-state index in [2.05, 4.69) is 35.1 Å². The summed E-state index contributed by atoms with van der Waals surface area (Å²) in [6.07, 6.45) is 0.984. The van der Waals surface area contributed by atoms with E-state index in [1.54, 1.807) is 0 Å². The van der Waals surface area contributed by atoms with E-state index >= 15 is 0 Å². The number of hydrogen-bond acceptors (Lipinski definition) is 1. The maximum absolute atomic E-state index is 13.1. The van der Waals surface area contributed by atoms with Gasteiger partial charge in [-0.25, -0.2) is 4.39 Å². The zero-order chi connectivity index (χ0) is 12.1. The van der Waals surface area contributed by atoms with E-state index in [-0.39, 0.29) is 5.82 Å². The minimum Gasteiger partial charge on any atom is -0.319 e. The highest BCUT2D eigenvalue weighted by molar-refractivity contribution is 9.10. The van der Waals surface area contributed by atoms with Gasteiger partial charge in [0.15, 0.2) is 0 Å². The largest absolute Gasteiger partial charge is 0.319 e. The molecule has 0 radical (unpaired) electrons. The highest BCUT2D eigenvalue weighted by atomic mass is 79.9. The lowest BCUT2D eigenvalue weighted by Gasteiger charge is -2.20. The summed E-state index contributed by atoms with van der Waals surface area (Å²) >= 11 is 3.22. The average molecular weight is 288 g/mol. The SMILES string of the molecule is CNCC(Cc1ccc(F)c(Br)c1)C(C)C. The fourth-order valence-electron chi connectivity index (χ4n) is 1.78. The Balaban J connectivity index is 2.73. The first-order chi connectivity index (χ1) is 7.54. The van der Waals surface area contributed by atoms with Crippen LogP contribution in [0.25, 0.3) is 0 Å². The molecule has 0 bridgehead atoms. The summed E-state index contributed by atoms with van der Waals surface area (Å²) in [6.45, 7) is 5.44. The van der Waals surface area contributed by atoms with Crippen molar-refractivity contribution in [2.75, 3.05) is 13.6 Å². The Kier molecular flexibility index (Phi) is 5.42. The molecular formula is C13H19BrFN. The number of nitrogens with one attached hydrogen (secondary N) is 1. The first-order valence-electron chi connectivity index (χ1n) is 5.63. The zero-order valence-corrected chi connectivity index (χ0v) is 11.6. The lowest BCUT2D eigenvalue weighted by atomic mass is 9.89. The highest BCUT2D eigenvalue weighted by Gasteiger charge is 2.13. The minimum absolute atomic E-state index is 0.196. The van der Waals surface area contributed by atoms with Crippen LogP contribution in [-0.4, -0.2) is 13.6 Å². The van der Waals surface area contributed by atoms with Crippen molar-refractivity contribution in [3.63, 3.8) is 0 Å². The van der Waals surface area contributed by atoms with Crippen molar-refractivity contribution in [2.45, 2.75) is 20.3 Å². The van der Waals surface area contributed by atoms with Crippen molar-refractivity contribution in [1.29, 1.82) is 0 Å². The smallest absolute Gasteiger partial charge is 0.137 e. The van der Waals surface area contributed by atoms with Crippen molar-refractivity contribution >= 4 is 15.9 Å². The molecule has 0 amide bonds. The van der Waals surface area contributed by atoms with Crippen molar-refractivity contribution in [1.82, 2.24) is 5.32 Å². The molecule has 0 fully saturated rings. The normalized spacial score (nSPS) is 13.1. The molecule has 0 aliphatic heterocycles. The second-order valence-corrected chi connectivity index (χ2v) is 5.37. The van der Waals surface area contributed by atoms with E-state index < -0.39 is 0 Å². The molecule has 0 spiro atoms. The van der Waals surface area contributed by atoms with Crippen LogP contribution in [0.1, 0.15) is 19.4 Å². The van der Waals surface area contributed by atoms with Crippen LogP contribution < -0.4 is 5.32 Å². The third kappa shape index (κ3) is 3.87. The summed E-state index contributed by atoms with van der Waals surface area (Å²) in [5.41, 5.74) is 1.18. The maximum atomic E-state index is 13.1.